The van der Waals surface area contributed by atoms with Crippen LogP contribution in [0.25, 0.3) is 11.0 Å². The number of carbonyl (C=O) groups is 1. The largest absolute Gasteiger partial charge is 0.489 e. The standard InChI is InChI=1S/C20H21N3O4/c1-3-8-26-15-6-4-13-9-16(27-18(13)10-15)11-22-20(24)17-7-5-14(12-25-2)23-19(17)21/h3-7,9-10H,1,8,11-12H2,2H3,(H2,21,23)(H,22,24). The van der Waals surface area contributed by atoms with Crippen LogP contribution in [-0.2, 0) is 17.9 Å². The van der Waals surface area contributed by atoms with E-state index < -0.39 is 0 Å². The highest BCUT2D eigenvalue weighted by molar-refractivity contribution is 5.98. The van der Waals surface area contributed by atoms with Gasteiger partial charge in [-0.25, -0.2) is 4.98 Å². The predicted molar refractivity (Wildman–Crippen MR) is 102 cm³/mol. The van der Waals surface area contributed by atoms with Gasteiger partial charge in [0.1, 0.15) is 29.5 Å². The maximum Gasteiger partial charge on any atom is 0.255 e. The molecule has 3 rings (SSSR count). The van der Waals surface area contributed by atoms with Crippen LogP contribution in [-0.4, -0.2) is 24.6 Å². The molecule has 1 aromatic carbocycles. The number of aromatic nitrogens is 1. The lowest BCUT2D eigenvalue weighted by Gasteiger charge is -2.07. The van der Waals surface area contributed by atoms with Crippen molar-refractivity contribution >= 4 is 22.7 Å². The minimum Gasteiger partial charge on any atom is -0.489 e. The lowest BCUT2D eigenvalue weighted by Crippen LogP contribution is -2.24. The maximum absolute atomic E-state index is 12.4. The zero-order valence-electron chi connectivity index (χ0n) is 15.0. The Bertz CT molecular complexity index is 965. The summed E-state index contributed by atoms with van der Waals surface area (Å²) in [4.78, 5) is 16.5. The average molecular weight is 367 g/mol. The van der Waals surface area contributed by atoms with Crippen molar-refractivity contribution in [1.82, 2.24) is 10.3 Å². The van der Waals surface area contributed by atoms with Gasteiger partial charge in [-0.2, -0.15) is 0 Å². The highest BCUT2D eigenvalue weighted by atomic mass is 16.5. The SMILES string of the molecule is C=CCOc1ccc2cc(CNC(=O)c3ccc(COC)nc3N)oc2c1. The highest BCUT2D eigenvalue weighted by Gasteiger charge is 2.13. The maximum atomic E-state index is 12.4. The Morgan fingerprint density at radius 1 is 1.33 bits per heavy atom. The monoisotopic (exact) mass is 367 g/mol. The van der Waals surface area contributed by atoms with Gasteiger partial charge in [0.05, 0.1) is 24.4 Å². The molecule has 0 aliphatic rings. The quantitative estimate of drug-likeness (QED) is 0.594. The van der Waals surface area contributed by atoms with Gasteiger partial charge in [0, 0.05) is 18.6 Å². The van der Waals surface area contributed by atoms with Crippen LogP contribution in [0.2, 0.25) is 0 Å². The Hall–Kier alpha value is -3.32. The number of benzene rings is 1. The molecule has 0 saturated carbocycles. The first-order valence-electron chi connectivity index (χ1n) is 8.39. The number of anilines is 1. The molecule has 0 aliphatic heterocycles. The van der Waals surface area contributed by atoms with Gasteiger partial charge >= 0.3 is 0 Å². The number of ether oxygens (including phenoxy) is 2. The highest BCUT2D eigenvalue weighted by Crippen LogP contribution is 2.24. The van der Waals surface area contributed by atoms with Gasteiger partial charge in [-0.15, -0.1) is 0 Å². The first-order valence-corrected chi connectivity index (χ1v) is 8.39. The number of amides is 1. The van der Waals surface area contributed by atoms with Crippen LogP contribution in [0.15, 0.2) is 53.5 Å². The third-order valence-electron chi connectivity index (χ3n) is 3.85. The molecule has 0 atom stereocenters. The summed E-state index contributed by atoms with van der Waals surface area (Å²) in [6, 6.07) is 10.8. The predicted octanol–water partition coefficient (Wildman–Crippen LogP) is 3.05. The van der Waals surface area contributed by atoms with Crippen LogP contribution in [0.4, 0.5) is 5.82 Å². The van der Waals surface area contributed by atoms with Crippen LogP contribution in [0, 0.1) is 0 Å². The molecular formula is C20H21N3O4. The Labute approximate surface area is 156 Å². The number of fused-ring (bicyclic) bond motifs is 1. The van der Waals surface area contributed by atoms with Crippen LogP contribution in [0.5, 0.6) is 5.75 Å². The van der Waals surface area contributed by atoms with E-state index in [1.807, 2.05) is 18.2 Å². The fraction of sp³-hybridized carbons (Fsp3) is 0.200. The van der Waals surface area contributed by atoms with E-state index in [0.717, 1.165) is 5.39 Å². The molecule has 1 amide bonds. The van der Waals surface area contributed by atoms with Gasteiger partial charge in [0.15, 0.2) is 0 Å². The van der Waals surface area contributed by atoms with Crippen molar-refractivity contribution in [2.24, 2.45) is 0 Å². The molecular weight excluding hydrogens is 346 g/mol. The second-order valence-corrected chi connectivity index (χ2v) is 5.86. The topological polar surface area (TPSA) is 99.6 Å². The molecule has 7 nitrogen and oxygen atoms in total. The van der Waals surface area contributed by atoms with Gasteiger partial charge in [0.25, 0.3) is 5.91 Å². The number of furan rings is 1. The molecule has 0 spiro atoms. The van der Waals surface area contributed by atoms with E-state index >= 15 is 0 Å². The number of nitrogen functional groups attached to an aromatic ring is 1. The molecule has 0 radical (unpaired) electrons. The van der Waals surface area contributed by atoms with Crippen molar-refractivity contribution in [2.75, 3.05) is 19.5 Å². The van der Waals surface area contributed by atoms with Gasteiger partial charge in [-0.1, -0.05) is 12.7 Å². The van der Waals surface area contributed by atoms with E-state index in [4.69, 9.17) is 19.6 Å². The molecule has 0 bridgehead atoms. The lowest BCUT2D eigenvalue weighted by molar-refractivity contribution is 0.0948. The normalized spacial score (nSPS) is 10.7. The van der Waals surface area contributed by atoms with Crippen molar-refractivity contribution in [3.8, 4) is 5.75 Å². The van der Waals surface area contributed by atoms with Crippen LogP contribution in [0.1, 0.15) is 21.8 Å². The number of methoxy groups -OCH3 is 1. The summed E-state index contributed by atoms with van der Waals surface area (Å²) in [5, 5.41) is 3.72. The Kier molecular flexibility index (Phi) is 5.73. The van der Waals surface area contributed by atoms with Gasteiger partial charge < -0.3 is 24.9 Å². The zero-order valence-corrected chi connectivity index (χ0v) is 15.0. The van der Waals surface area contributed by atoms with Gasteiger partial charge in [-0.05, 0) is 30.3 Å². The van der Waals surface area contributed by atoms with Crippen molar-refractivity contribution in [3.63, 3.8) is 0 Å². The summed E-state index contributed by atoms with van der Waals surface area (Å²) < 4.78 is 16.3. The summed E-state index contributed by atoms with van der Waals surface area (Å²) in [6.45, 7) is 4.61. The molecule has 2 aromatic heterocycles. The lowest BCUT2D eigenvalue weighted by atomic mass is 10.2. The first-order chi connectivity index (χ1) is 13.1. The molecule has 0 fully saturated rings. The number of nitrogens with one attached hydrogen (secondary N) is 1. The molecule has 140 valence electrons. The summed E-state index contributed by atoms with van der Waals surface area (Å²) >= 11 is 0. The molecule has 27 heavy (non-hydrogen) atoms. The van der Waals surface area contributed by atoms with Gasteiger partial charge in [-0.3, -0.25) is 4.79 Å². The molecule has 7 heteroatoms. The van der Waals surface area contributed by atoms with E-state index in [1.165, 1.54) is 0 Å². The van der Waals surface area contributed by atoms with Crippen LogP contribution >= 0.6 is 0 Å². The van der Waals surface area contributed by atoms with Crippen molar-refractivity contribution in [2.45, 2.75) is 13.2 Å². The van der Waals surface area contributed by atoms with Crippen molar-refractivity contribution in [3.05, 3.63) is 66.1 Å². The Morgan fingerprint density at radius 2 is 2.19 bits per heavy atom. The summed E-state index contributed by atoms with van der Waals surface area (Å²) in [5.41, 5.74) is 7.53. The fourth-order valence-corrected chi connectivity index (χ4v) is 2.60. The van der Waals surface area contributed by atoms with E-state index in [0.29, 0.717) is 41.6 Å². The summed E-state index contributed by atoms with van der Waals surface area (Å²) in [6.07, 6.45) is 1.68. The molecule has 0 saturated heterocycles. The zero-order chi connectivity index (χ0) is 19.2. The summed E-state index contributed by atoms with van der Waals surface area (Å²) in [5.74, 6) is 1.17. The Balaban J connectivity index is 1.67. The minimum atomic E-state index is -0.320. The van der Waals surface area contributed by atoms with E-state index in [1.54, 1.807) is 31.4 Å². The number of hydrogen-bond acceptors (Lipinski definition) is 6. The minimum absolute atomic E-state index is 0.163. The third-order valence-corrected chi connectivity index (χ3v) is 3.85. The number of hydrogen-bond donors (Lipinski definition) is 2. The van der Waals surface area contributed by atoms with E-state index in [-0.39, 0.29) is 18.3 Å². The number of pyridine rings is 1. The van der Waals surface area contributed by atoms with E-state index in [9.17, 15) is 4.79 Å². The third kappa shape index (κ3) is 4.45. The van der Waals surface area contributed by atoms with E-state index in [2.05, 4.69) is 16.9 Å². The molecule has 0 aliphatic carbocycles. The molecule has 3 N–H and O–H groups in total. The Morgan fingerprint density at radius 3 is 2.93 bits per heavy atom. The fourth-order valence-electron chi connectivity index (χ4n) is 2.60. The molecule has 0 unspecified atom stereocenters. The number of carbonyl (C=O) groups excluding carboxylic acids is 1. The second-order valence-electron chi connectivity index (χ2n) is 5.86. The molecule has 2 heterocycles. The average Bonchev–Trinajstić information content (AvgIpc) is 3.07. The summed E-state index contributed by atoms with van der Waals surface area (Å²) in [7, 11) is 1.57. The van der Waals surface area contributed by atoms with Crippen LogP contribution in [0.3, 0.4) is 0 Å². The molecule has 3 aromatic rings. The number of nitrogens with zero attached hydrogens (tertiary/aromatic N) is 1. The number of rotatable bonds is 8. The number of nitrogens with two attached hydrogens (primary N) is 1. The first kappa shape index (κ1) is 18.5. The van der Waals surface area contributed by atoms with Gasteiger partial charge in [0.2, 0.25) is 0 Å². The smallest absolute Gasteiger partial charge is 0.255 e. The second kappa shape index (κ2) is 8.37. The van der Waals surface area contributed by atoms with Crippen LogP contribution < -0.4 is 15.8 Å². The van der Waals surface area contributed by atoms with Crippen molar-refractivity contribution < 1.29 is 18.7 Å². The van der Waals surface area contributed by atoms with Crippen molar-refractivity contribution in [1.29, 1.82) is 0 Å².